The molecule has 0 saturated heterocycles. The molecule has 0 aliphatic heterocycles. The maximum Gasteiger partial charge on any atom is 0.251 e. The SMILES string of the molecule is NC(=O)CCNC(=O)c1ccc(F)c(NC(=O)C=Cc2ccco2)c1. The van der Waals surface area contributed by atoms with Crippen molar-refractivity contribution in [2.75, 3.05) is 11.9 Å². The molecule has 0 fully saturated rings. The number of carbonyl (C=O) groups excluding carboxylic acids is 3. The molecular weight excluding hydrogens is 329 g/mol. The van der Waals surface area contributed by atoms with Crippen molar-refractivity contribution in [1.29, 1.82) is 0 Å². The number of anilines is 1. The summed E-state index contributed by atoms with van der Waals surface area (Å²) in [4.78, 5) is 34.4. The summed E-state index contributed by atoms with van der Waals surface area (Å²) in [5.74, 6) is -1.85. The molecule has 2 rings (SSSR count). The summed E-state index contributed by atoms with van der Waals surface area (Å²) in [6.45, 7) is 0.0686. The Morgan fingerprint density at radius 1 is 1.24 bits per heavy atom. The van der Waals surface area contributed by atoms with E-state index in [0.717, 1.165) is 6.07 Å². The van der Waals surface area contributed by atoms with Crippen LogP contribution >= 0.6 is 0 Å². The lowest BCUT2D eigenvalue weighted by Gasteiger charge is -2.08. The van der Waals surface area contributed by atoms with E-state index in [-0.39, 0.29) is 24.2 Å². The Kier molecular flexibility index (Phi) is 6.05. The van der Waals surface area contributed by atoms with Crippen molar-refractivity contribution < 1.29 is 23.2 Å². The molecule has 3 amide bonds. The number of amides is 3. The van der Waals surface area contributed by atoms with E-state index < -0.39 is 23.5 Å². The first-order valence-electron chi connectivity index (χ1n) is 7.34. The van der Waals surface area contributed by atoms with Gasteiger partial charge in [-0.25, -0.2) is 4.39 Å². The van der Waals surface area contributed by atoms with Gasteiger partial charge >= 0.3 is 0 Å². The molecule has 0 aliphatic rings. The summed E-state index contributed by atoms with van der Waals surface area (Å²) in [6.07, 6.45) is 4.05. The lowest BCUT2D eigenvalue weighted by atomic mass is 10.1. The van der Waals surface area contributed by atoms with Crippen LogP contribution in [0, 0.1) is 5.82 Å². The van der Waals surface area contributed by atoms with Crippen LogP contribution in [-0.2, 0) is 9.59 Å². The third-order valence-electron chi connectivity index (χ3n) is 3.09. The van der Waals surface area contributed by atoms with Crippen LogP contribution in [0.2, 0.25) is 0 Å². The Morgan fingerprint density at radius 3 is 2.72 bits per heavy atom. The molecule has 0 unspecified atom stereocenters. The van der Waals surface area contributed by atoms with Crippen molar-refractivity contribution in [1.82, 2.24) is 5.32 Å². The van der Waals surface area contributed by atoms with Crippen molar-refractivity contribution in [2.45, 2.75) is 6.42 Å². The van der Waals surface area contributed by atoms with Gasteiger partial charge in [0.15, 0.2) is 0 Å². The average molecular weight is 345 g/mol. The Hall–Kier alpha value is -3.42. The van der Waals surface area contributed by atoms with E-state index in [1.165, 1.54) is 30.5 Å². The molecular formula is C17H16FN3O4. The molecule has 0 atom stereocenters. The largest absolute Gasteiger partial charge is 0.465 e. The molecule has 7 nitrogen and oxygen atoms in total. The van der Waals surface area contributed by atoms with Gasteiger partial charge in [-0.15, -0.1) is 0 Å². The zero-order valence-corrected chi connectivity index (χ0v) is 13.1. The zero-order chi connectivity index (χ0) is 18.2. The minimum absolute atomic E-state index is 0.00585. The van der Waals surface area contributed by atoms with Gasteiger partial charge in [0.05, 0.1) is 12.0 Å². The summed E-state index contributed by atoms with van der Waals surface area (Å²) in [5.41, 5.74) is 4.97. The summed E-state index contributed by atoms with van der Waals surface area (Å²) in [5, 5.41) is 4.82. The van der Waals surface area contributed by atoms with Gasteiger partial charge in [-0.2, -0.15) is 0 Å². The van der Waals surface area contributed by atoms with Gasteiger partial charge < -0.3 is 20.8 Å². The van der Waals surface area contributed by atoms with Crippen LogP contribution in [0.4, 0.5) is 10.1 Å². The highest BCUT2D eigenvalue weighted by Gasteiger charge is 2.11. The smallest absolute Gasteiger partial charge is 0.251 e. The van der Waals surface area contributed by atoms with Crippen molar-refractivity contribution >= 4 is 29.5 Å². The lowest BCUT2D eigenvalue weighted by Crippen LogP contribution is -2.28. The highest BCUT2D eigenvalue weighted by molar-refractivity contribution is 6.03. The normalized spacial score (nSPS) is 10.6. The first-order valence-corrected chi connectivity index (χ1v) is 7.34. The highest BCUT2D eigenvalue weighted by atomic mass is 19.1. The van der Waals surface area contributed by atoms with Crippen LogP contribution < -0.4 is 16.4 Å². The second-order valence-electron chi connectivity index (χ2n) is 5.00. The third-order valence-corrected chi connectivity index (χ3v) is 3.09. The van der Waals surface area contributed by atoms with Gasteiger partial charge in [0.2, 0.25) is 11.8 Å². The molecule has 1 heterocycles. The molecule has 2 aromatic rings. The Balaban J connectivity index is 2.01. The van der Waals surface area contributed by atoms with Gasteiger partial charge in [-0.3, -0.25) is 14.4 Å². The van der Waals surface area contributed by atoms with Crippen LogP contribution in [0.15, 0.2) is 47.1 Å². The summed E-state index contributed by atoms with van der Waals surface area (Å²) in [7, 11) is 0. The molecule has 0 aliphatic carbocycles. The van der Waals surface area contributed by atoms with E-state index in [0.29, 0.717) is 5.76 Å². The fourth-order valence-electron chi connectivity index (χ4n) is 1.88. The maximum atomic E-state index is 13.8. The third kappa shape index (κ3) is 5.61. The number of furan rings is 1. The molecule has 0 bridgehead atoms. The van der Waals surface area contributed by atoms with Crippen molar-refractivity contribution in [2.24, 2.45) is 5.73 Å². The minimum Gasteiger partial charge on any atom is -0.465 e. The highest BCUT2D eigenvalue weighted by Crippen LogP contribution is 2.16. The van der Waals surface area contributed by atoms with Crippen molar-refractivity contribution in [3.8, 4) is 0 Å². The number of nitrogens with two attached hydrogens (primary N) is 1. The number of benzene rings is 1. The van der Waals surface area contributed by atoms with Gasteiger partial charge in [0.25, 0.3) is 5.91 Å². The summed E-state index contributed by atoms with van der Waals surface area (Å²) < 4.78 is 18.9. The molecule has 1 aromatic heterocycles. The van der Waals surface area contributed by atoms with Gasteiger partial charge in [-0.1, -0.05) is 0 Å². The van der Waals surface area contributed by atoms with Crippen LogP contribution in [0.3, 0.4) is 0 Å². The second-order valence-corrected chi connectivity index (χ2v) is 5.00. The molecule has 0 radical (unpaired) electrons. The molecule has 8 heteroatoms. The van der Waals surface area contributed by atoms with Crippen LogP contribution in [0.25, 0.3) is 6.08 Å². The fourth-order valence-corrected chi connectivity index (χ4v) is 1.88. The summed E-state index contributed by atoms with van der Waals surface area (Å²) >= 11 is 0. The predicted molar refractivity (Wildman–Crippen MR) is 88.9 cm³/mol. The predicted octanol–water partition coefficient (Wildman–Crippen LogP) is 1.68. The molecule has 0 spiro atoms. The van der Waals surface area contributed by atoms with Crippen LogP contribution in [0.5, 0.6) is 0 Å². The molecule has 130 valence electrons. The quantitative estimate of drug-likeness (QED) is 0.662. The van der Waals surface area contributed by atoms with Gasteiger partial charge in [-0.05, 0) is 36.4 Å². The van der Waals surface area contributed by atoms with E-state index >= 15 is 0 Å². The zero-order valence-electron chi connectivity index (χ0n) is 13.1. The van der Waals surface area contributed by atoms with Crippen LogP contribution in [0.1, 0.15) is 22.5 Å². The van der Waals surface area contributed by atoms with Crippen molar-refractivity contribution in [3.05, 3.63) is 59.8 Å². The first-order chi connectivity index (χ1) is 12.0. The molecule has 1 aromatic carbocycles. The van der Waals surface area contributed by atoms with Gasteiger partial charge in [0, 0.05) is 24.6 Å². The minimum atomic E-state index is -0.687. The van der Waals surface area contributed by atoms with E-state index in [9.17, 15) is 18.8 Å². The summed E-state index contributed by atoms with van der Waals surface area (Å²) in [6, 6.07) is 6.85. The number of hydrogen-bond acceptors (Lipinski definition) is 4. The number of carbonyl (C=O) groups is 3. The average Bonchev–Trinajstić information content (AvgIpc) is 3.08. The van der Waals surface area contributed by atoms with Crippen LogP contribution in [-0.4, -0.2) is 24.3 Å². The monoisotopic (exact) mass is 345 g/mol. The molecule has 25 heavy (non-hydrogen) atoms. The molecule has 4 N–H and O–H groups in total. The molecule has 0 saturated carbocycles. The standard InChI is InChI=1S/C17H16FN3O4/c18-13-5-3-11(17(24)20-8-7-15(19)22)10-14(13)21-16(23)6-4-12-2-1-9-25-12/h1-6,9-10H,7-8H2,(H2,19,22)(H,20,24)(H,21,23). The fraction of sp³-hybridized carbons (Fsp3) is 0.118. The number of primary amides is 1. The first kappa shape index (κ1) is 17.9. The van der Waals surface area contributed by atoms with Gasteiger partial charge in [0.1, 0.15) is 11.6 Å². The number of halogens is 1. The lowest BCUT2D eigenvalue weighted by molar-refractivity contribution is -0.118. The second kappa shape index (κ2) is 8.44. The maximum absolute atomic E-state index is 13.8. The number of hydrogen-bond donors (Lipinski definition) is 3. The van der Waals surface area contributed by atoms with E-state index in [1.54, 1.807) is 12.1 Å². The van der Waals surface area contributed by atoms with E-state index in [4.69, 9.17) is 10.2 Å². The number of nitrogens with one attached hydrogen (secondary N) is 2. The Labute approximate surface area is 142 Å². The van der Waals surface area contributed by atoms with E-state index in [1.807, 2.05) is 0 Å². The number of rotatable bonds is 7. The topological polar surface area (TPSA) is 114 Å². The van der Waals surface area contributed by atoms with Crippen molar-refractivity contribution in [3.63, 3.8) is 0 Å². The Morgan fingerprint density at radius 2 is 2.04 bits per heavy atom. The Bertz CT molecular complexity index is 800. The van der Waals surface area contributed by atoms with E-state index in [2.05, 4.69) is 10.6 Å².